The van der Waals surface area contributed by atoms with Gasteiger partial charge in [-0.25, -0.2) is 29.3 Å². The first-order valence-corrected chi connectivity index (χ1v) is 22.9. The van der Waals surface area contributed by atoms with E-state index >= 15 is 0 Å². The molecule has 0 saturated heterocycles. The number of rotatable bonds is 21. The fraction of sp³-hybridized carbons (Fsp3) is 1.00. The molecule has 3 saturated carbocycles. The average molecular weight is 847 g/mol. The maximum atomic E-state index is 6.57. The summed E-state index contributed by atoms with van der Waals surface area (Å²) in [6.45, 7) is 38.9. The second-order valence-corrected chi connectivity index (χ2v) is 23.9. The quantitative estimate of drug-likeness (QED) is 0.0623. The molecule has 3 rings (SSSR count). The molecule has 12 heteroatoms. The summed E-state index contributed by atoms with van der Waals surface area (Å²) < 4.78 is 0. The van der Waals surface area contributed by atoms with Crippen LogP contribution >= 0.6 is 0 Å². The summed E-state index contributed by atoms with van der Waals surface area (Å²) in [5, 5.41) is 0. The molecule has 3 aliphatic carbocycles. The number of hydrogen-bond acceptors (Lipinski definition) is 12. The lowest BCUT2D eigenvalue weighted by molar-refractivity contribution is -0.556. The molecule has 0 aromatic carbocycles. The third-order valence-corrected chi connectivity index (χ3v) is 11.6. The molecular weight excluding hydrogens is 757 g/mol. The van der Waals surface area contributed by atoms with E-state index in [1.54, 1.807) is 0 Å². The fourth-order valence-corrected chi connectivity index (χ4v) is 8.50. The molecule has 0 aromatic heterocycles. The van der Waals surface area contributed by atoms with Gasteiger partial charge in [0.05, 0.1) is 28.0 Å². The summed E-state index contributed by atoms with van der Waals surface area (Å²) in [6.07, 6.45) is 11.4. The molecule has 0 heterocycles. The topological polar surface area (TPSA) is 111 Å². The van der Waals surface area contributed by atoms with Crippen molar-refractivity contribution in [1.29, 1.82) is 0 Å². The zero-order valence-electron chi connectivity index (χ0n) is 41.2. The van der Waals surface area contributed by atoms with Crippen LogP contribution in [-0.2, 0) is 58.7 Å². The van der Waals surface area contributed by atoms with E-state index in [4.69, 9.17) is 58.7 Å². The fourth-order valence-electron chi connectivity index (χ4n) is 8.50. The van der Waals surface area contributed by atoms with E-state index in [0.29, 0.717) is 56.8 Å². The third kappa shape index (κ3) is 18.6. The van der Waals surface area contributed by atoms with E-state index < -0.39 is 51.0 Å². The van der Waals surface area contributed by atoms with Gasteiger partial charge in [0.25, 0.3) is 0 Å². The molecule has 0 radical (unpaired) electrons. The van der Waals surface area contributed by atoms with Crippen LogP contribution in [0.2, 0.25) is 0 Å². The Labute approximate surface area is 359 Å². The summed E-state index contributed by atoms with van der Waals surface area (Å²) in [5.41, 5.74) is -3.23. The van der Waals surface area contributed by atoms with Crippen LogP contribution in [0.4, 0.5) is 0 Å². The van der Waals surface area contributed by atoms with Crippen molar-refractivity contribution in [3.05, 3.63) is 0 Å². The van der Waals surface area contributed by atoms with Crippen molar-refractivity contribution < 1.29 is 58.7 Å². The average Bonchev–Trinajstić information content (AvgIpc) is 3.09. The van der Waals surface area contributed by atoms with Crippen LogP contribution in [-0.4, -0.2) is 51.0 Å². The molecule has 5 atom stereocenters. The zero-order chi connectivity index (χ0) is 44.8. The van der Waals surface area contributed by atoms with Crippen molar-refractivity contribution in [3.63, 3.8) is 0 Å². The normalized spacial score (nSPS) is 28.7. The van der Waals surface area contributed by atoms with Gasteiger partial charge in [-0.1, -0.05) is 34.6 Å². The second kappa shape index (κ2) is 20.1. The Hall–Kier alpha value is -0.480. The Morgan fingerprint density at radius 2 is 0.932 bits per heavy atom. The highest BCUT2D eigenvalue weighted by atomic mass is 17.3. The molecule has 59 heavy (non-hydrogen) atoms. The van der Waals surface area contributed by atoms with E-state index in [9.17, 15) is 0 Å². The van der Waals surface area contributed by atoms with Crippen LogP contribution in [0.15, 0.2) is 0 Å². The van der Waals surface area contributed by atoms with Gasteiger partial charge in [0.15, 0.2) is 0 Å². The van der Waals surface area contributed by atoms with E-state index in [1.165, 1.54) is 0 Å². The predicted octanol–water partition coefficient (Wildman–Crippen LogP) is 13.3. The van der Waals surface area contributed by atoms with Gasteiger partial charge < -0.3 is 0 Å². The van der Waals surface area contributed by atoms with E-state index in [-0.39, 0.29) is 11.3 Å². The van der Waals surface area contributed by atoms with Crippen molar-refractivity contribution in [2.45, 2.75) is 279 Å². The Morgan fingerprint density at radius 3 is 1.42 bits per heavy atom. The highest BCUT2D eigenvalue weighted by molar-refractivity contribution is 4.90. The molecule has 0 amide bonds. The van der Waals surface area contributed by atoms with Crippen LogP contribution in [0.3, 0.4) is 0 Å². The smallest absolute Gasteiger partial charge is 0.228 e. The molecule has 0 aliphatic heterocycles. The summed E-state index contributed by atoms with van der Waals surface area (Å²) >= 11 is 0. The summed E-state index contributed by atoms with van der Waals surface area (Å²) in [7, 11) is 0. The molecule has 5 unspecified atom stereocenters. The van der Waals surface area contributed by atoms with E-state index in [2.05, 4.69) is 55.4 Å². The third-order valence-electron chi connectivity index (χ3n) is 11.6. The first kappa shape index (κ1) is 52.9. The van der Waals surface area contributed by atoms with Gasteiger partial charge in [-0.15, -0.1) is 0 Å². The van der Waals surface area contributed by atoms with Crippen molar-refractivity contribution in [1.82, 2.24) is 0 Å². The lowest BCUT2D eigenvalue weighted by atomic mass is 9.70. The Kier molecular flexibility index (Phi) is 18.0. The highest BCUT2D eigenvalue weighted by Gasteiger charge is 2.51. The van der Waals surface area contributed by atoms with Gasteiger partial charge in [-0.2, -0.15) is 29.3 Å². The second-order valence-electron chi connectivity index (χ2n) is 23.9. The van der Waals surface area contributed by atoms with Gasteiger partial charge in [0.2, 0.25) is 17.4 Å². The zero-order valence-corrected chi connectivity index (χ0v) is 41.2. The van der Waals surface area contributed by atoms with Crippen LogP contribution < -0.4 is 0 Å². The summed E-state index contributed by atoms with van der Waals surface area (Å²) in [5.74, 6) is -2.22. The van der Waals surface area contributed by atoms with Crippen LogP contribution in [0.5, 0.6) is 0 Å². The molecule has 0 spiro atoms. The van der Waals surface area contributed by atoms with Crippen molar-refractivity contribution >= 4 is 0 Å². The van der Waals surface area contributed by atoms with Crippen molar-refractivity contribution in [2.24, 2.45) is 23.2 Å². The minimum Gasteiger partial charge on any atom is -0.228 e. The van der Waals surface area contributed by atoms with Crippen molar-refractivity contribution in [2.75, 3.05) is 0 Å². The summed E-state index contributed by atoms with van der Waals surface area (Å²) in [4.78, 5) is 74.1. The van der Waals surface area contributed by atoms with Crippen LogP contribution in [0.25, 0.3) is 0 Å². The highest BCUT2D eigenvalue weighted by Crippen LogP contribution is 2.49. The standard InChI is InChI=1S/C47H90O12/c1-20-42(15,16)51-56-46(57-53-44(19,21-2)32-36-24-27-45(28-25-36,54-48-38(4,5)6)55-49-39(7,8)9)26-22-23-37(33-46)31-43(17,18)52-59-47(58-50-40(10,11)12)30-35(3)29-41(13,14)34-47/h35-37H,20-34H2,1-19H3. The monoisotopic (exact) mass is 847 g/mol. The Bertz CT molecular complexity index is 1240. The summed E-state index contributed by atoms with van der Waals surface area (Å²) in [6, 6.07) is 0. The largest absolute Gasteiger partial charge is 0.234 e. The lowest BCUT2D eigenvalue weighted by Gasteiger charge is -2.46. The van der Waals surface area contributed by atoms with Crippen LogP contribution in [0, 0.1) is 23.2 Å². The lowest BCUT2D eigenvalue weighted by Crippen LogP contribution is -2.49. The van der Waals surface area contributed by atoms with E-state index in [1.807, 2.05) is 76.2 Å². The molecule has 3 fully saturated rings. The first-order valence-electron chi connectivity index (χ1n) is 22.9. The molecule has 350 valence electrons. The SMILES string of the molecule is CCC(C)(C)OOC1(OOC(C)(CC)CC2CCC(OOC(C)(C)C)(OOC(C)(C)C)CC2)CCCC(CC(C)(C)OOC2(OOC(C)(C)C)CC(C)CC(C)(C)C2)C1. The van der Waals surface area contributed by atoms with Crippen molar-refractivity contribution in [3.8, 4) is 0 Å². The Balaban J connectivity index is 1.73. The Morgan fingerprint density at radius 1 is 0.458 bits per heavy atom. The molecule has 0 aromatic rings. The maximum absolute atomic E-state index is 6.57. The van der Waals surface area contributed by atoms with Crippen LogP contribution in [0.1, 0.15) is 228 Å². The molecular formula is C47H90O12. The minimum atomic E-state index is -1.10. The van der Waals surface area contributed by atoms with E-state index in [0.717, 1.165) is 51.4 Å². The minimum absolute atomic E-state index is 0.00416. The van der Waals surface area contributed by atoms with Gasteiger partial charge in [0, 0.05) is 38.5 Å². The maximum Gasteiger partial charge on any atom is 0.234 e. The predicted molar refractivity (Wildman–Crippen MR) is 228 cm³/mol. The first-order chi connectivity index (χ1) is 26.7. The van der Waals surface area contributed by atoms with Gasteiger partial charge >= 0.3 is 0 Å². The molecule has 0 N–H and O–H groups in total. The molecule has 3 aliphatic rings. The molecule has 0 bridgehead atoms. The van der Waals surface area contributed by atoms with Gasteiger partial charge in [-0.3, -0.25) is 0 Å². The van der Waals surface area contributed by atoms with Gasteiger partial charge in [0.1, 0.15) is 5.60 Å². The number of hydrogen-bond donors (Lipinski definition) is 0. The molecule has 12 nitrogen and oxygen atoms in total. The van der Waals surface area contributed by atoms with Gasteiger partial charge in [-0.05, 0) is 178 Å².